The minimum atomic E-state index is -0.196. The van der Waals surface area contributed by atoms with Gasteiger partial charge in [-0.2, -0.15) is 0 Å². The van der Waals surface area contributed by atoms with E-state index in [9.17, 15) is 4.79 Å². The summed E-state index contributed by atoms with van der Waals surface area (Å²) < 4.78 is 0. The molecule has 2 heterocycles. The number of nitrogens with one attached hydrogen (secondary N) is 1. The van der Waals surface area contributed by atoms with Crippen LogP contribution in [0.4, 0.5) is 5.82 Å². The van der Waals surface area contributed by atoms with Crippen molar-refractivity contribution in [1.29, 1.82) is 0 Å². The number of anilines is 1. The Morgan fingerprint density at radius 2 is 1.59 bits per heavy atom. The summed E-state index contributed by atoms with van der Waals surface area (Å²) in [5.74, 6) is 1.37. The first kappa shape index (κ1) is 22.1. The lowest BCUT2D eigenvalue weighted by molar-refractivity contribution is 0.0947. The Hall–Kier alpha value is -3.73. The van der Waals surface area contributed by atoms with E-state index in [1.165, 1.54) is 11.1 Å². The van der Waals surface area contributed by atoms with E-state index in [2.05, 4.69) is 56.8 Å². The van der Waals surface area contributed by atoms with Gasteiger partial charge in [-0.25, -0.2) is 0 Å². The van der Waals surface area contributed by atoms with E-state index in [1.807, 2.05) is 49.4 Å². The van der Waals surface area contributed by atoms with Gasteiger partial charge >= 0.3 is 0 Å². The summed E-state index contributed by atoms with van der Waals surface area (Å²) >= 11 is 0. The third kappa shape index (κ3) is 4.93. The van der Waals surface area contributed by atoms with Crippen LogP contribution in [-0.4, -0.2) is 29.2 Å². The molecule has 0 atom stereocenters. The molecule has 0 unspecified atom stereocenters. The number of benzene rings is 3. The zero-order chi connectivity index (χ0) is 23.3. The fourth-order valence-corrected chi connectivity index (χ4v) is 4.88. The minimum absolute atomic E-state index is 0.196. The third-order valence-electron chi connectivity index (χ3n) is 6.70. The average Bonchev–Trinajstić information content (AvgIpc) is 2.88. The number of carbonyl (C=O) groups excluding carboxylic acids is 1. The van der Waals surface area contributed by atoms with Gasteiger partial charge in [0, 0.05) is 30.4 Å². The summed E-state index contributed by atoms with van der Waals surface area (Å²) in [6.45, 7) is 4.42. The zero-order valence-electron chi connectivity index (χ0n) is 19.6. The number of amides is 1. The molecule has 0 spiro atoms. The van der Waals surface area contributed by atoms with Crippen LogP contribution in [0.15, 0.2) is 78.9 Å². The highest BCUT2D eigenvalue weighted by molar-refractivity contribution is 6.07. The van der Waals surface area contributed by atoms with Gasteiger partial charge in [0.05, 0.1) is 0 Å². The number of aryl methyl sites for hydroxylation is 1. The van der Waals surface area contributed by atoms with Gasteiger partial charge in [-0.3, -0.25) is 4.79 Å². The van der Waals surface area contributed by atoms with Crippen LogP contribution >= 0.6 is 0 Å². The van der Waals surface area contributed by atoms with E-state index in [1.54, 1.807) is 0 Å². The molecule has 0 saturated carbocycles. The molecular weight excluding hydrogens is 420 g/mol. The van der Waals surface area contributed by atoms with Gasteiger partial charge in [0.2, 0.25) is 0 Å². The molecule has 1 aliphatic heterocycles. The predicted molar refractivity (Wildman–Crippen MR) is 137 cm³/mol. The van der Waals surface area contributed by atoms with E-state index in [0.717, 1.165) is 54.5 Å². The Balaban J connectivity index is 1.30. The van der Waals surface area contributed by atoms with E-state index in [-0.39, 0.29) is 5.91 Å². The molecule has 1 aliphatic rings. The van der Waals surface area contributed by atoms with Crippen LogP contribution in [0.3, 0.4) is 0 Å². The first-order valence-corrected chi connectivity index (χ1v) is 12.1. The van der Waals surface area contributed by atoms with Crippen molar-refractivity contribution in [2.45, 2.75) is 32.7 Å². The monoisotopic (exact) mass is 450 g/mol. The smallest absolute Gasteiger partial charge is 0.272 e. The first-order chi connectivity index (χ1) is 16.7. The maximum absolute atomic E-state index is 13.0. The number of nitrogens with zero attached hydrogens (tertiary/aromatic N) is 3. The summed E-state index contributed by atoms with van der Waals surface area (Å²) in [5, 5.41) is 13.8. The molecule has 172 valence electrons. The van der Waals surface area contributed by atoms with Gasteiger partial charge in [-0.05, 0) is 43.2 Å². The fourth-order valence-electron chi connectivity index (χ4n) is 4.88. The van der Waals surface area contributed by atoms with Crippen molar-refractivity contribution in [3.63, 3.8) is 0 Å². The number of hydrogen-bond acceptors (Lipinski definition) is 4. The van der Waals surface area contributed by atoms with Crippen molar-refractivity contribution < 1.29 is 4.79 Å². The fraction of sp³-hybridized carbons (Fsp3) is 0.276. The Labute approximate surface area is 200 Å². The molecule has 1 fully saturated rings. The lowest BCUT2D eigenvalue weighted by atomic mass is 9.90. The predicted octanol–water partition coefficient (Wildman–Crippen LogP) is 5.33. The van der Waals surface area contributed by atoms with E-state index < -0.39 is 0 Å². The SMILES string of the molecule is Cc1cccc(CNC(=O)c2nnc(N3CCC(Cc4ccccc4)CC3)c3ccccc23)c1. The van der Waals surface area contributed by atoms with Gasteiger partial charge < -0.3 is 10.2 Å². The second kappa shape index (κ2) is 10.0. The van der Waals surface area contributed by atoms with Crippen LogP contribution in [0.25, 0.3) is 10.8 Å². The molecule has 0 aliphatic carbocycles. The van der Waals surface area contributed by atoms with Crippen LogP contribution in [0.2, 0.25) is 0 Å². The number of hydrogen-bond donors (Lipinski definition) is 1. The Morgan fingerprint density at radius 1 is 0.882 bits per heavy atom. The Kier molecular flexibility index (Phi) is 6.52. The number of piperidine rings is 1. The third-order valence-corrected chi connectivity index (χ3v) is 6.70. The molecular formula is C29H30N4O. The van der Waals surface area contributed by atoms with Gasteiger partial charge in [-0.1, -0.05) is 84.4 Å². The molecule has 1 amide bonds. The lowest BCUT2D eigenvalue weighted by Crippen LogP contribution is -2.35. The van der Waals surface area contributed by atoms with Gasteiger partial charge in [0.1, 0.15) is 0 Å². The van der Waals surface area contributed by atoms with E-state index in [4.69, 9.17) is 0 Å². The highest BCUT2D eigenvalue weighted by Crippen LogP contribution is 2.30. The van der Waals surface area contributed by atoms with Crippen LogP contribution in [-0.2, 0) is 13.0 Å². The van der Waals surface area contributed by atoms with Crippen molar-refractivity contribution >= 4 is 22.5 Å². The normalized spacial score (nSPS) is 14.3. The van der Waals surface area contributed by atoms with E-state index in [0.29, 0.717) is 18.2 Å². The number of carbonyl (C=O) groups is 1. The quantitative estimate of drug-likeness (QED) is 0.432. The number of aromatic nitrogens is 2. The van der Waals surface area contributed by atoms with Crippen molar-refractivity contribution in [1.82, 2.24) is 15.5 Å². The van der Waals surface area contributed by atoms with Crippen molar-refractivity contribution in [3.8, 4) is 0 Å². The van der Waals surface area contributed by atoms with Gasteiger partial charge in [0.25, 0.3) is 5.91 Å². The number of rotatable bonds is 6. The Bertz CT molecular complexity index is 1280. The molecule has 0 radical (unpaired) electrons. The van der Waals surface area contributed by atoms with Crippen molar-refractivity contribution in [2.75, 3.05) is 18.0 Å². The summed E-state index contributed by atoms with van der Waals surface area (Å²) in [5.41, 5.74) is 4.03. The summed E-state index contributed by atoms with van der Waals surface area (Å²) in [6.07, 6.45) is 3.38. The van der Waals surface area contributed by atoms with Crippen LogP contribution in [0.5, 0.6) is 0 Å². The van der Waals surface area contributed by atoms with Gasteiger partial charge in [0.15, 0.2) is 11.5 Å². The van der Waals surface area contributed by atoms with Crippen molar-refractivity contribution in [2.24, 2.45) is 5.92 Å². The van der Waals surface area contributed by atoms with Crippen molar-refractivity contribution in [3.05, 3.63) is 101 Å². The summed E-state index contributed by atoms with van der Waals surface area (Å²) in [4.78, 5) is 15.3. The van der Waals surface area contributed by atoms with E-state index >= 15 is 0 Å². The highest BCUT2D eigenvalue weighted by Gasteiger charge is 2.24. The highest BCUT2D eigenvalue weighted by atomic mass is 16.1. The average molecular weight is 451 g/mol. The molecule has 5 heteroatoms. The molecule has 1 N–H and O–H groups in total. The largest absolute Gasteiger partial charge is 0.355 e. The summed E-state index contributed by atoms with van der Waals surface area (Å²) in [7, 11) is 0. The second-order valence-electron chi connectivity index (χ2n) is 9.21. The lowest BCUT2D eigenvalue weighted by Gasteiger charge is -2.33. The maximum Gasteiger partial charge on any atom is 0.272 e. The molecule has 0 bridgehead atoms. The molecule has 1 aromatic heterocycles. The molecule has 1 saturated heterocycles. The van der Waals surface area contributed by atoms with Crippen LogP contribution in [0.1, 0.15) is 40.0 Å². The molecule has 34 heavy (non-hydrogen) atoms. The Morgan fingerprint density at radius 3 is 2.35 bits per heavy atom. The number of fused-ring (bicyclic) bond motifs is 1. The molecule has 5 rings (SSSR count). The molecule has 4 aromatic rings. The van der Waals surface area contributed by atoms with Crippen LogP contribution in [0, 0.1) is 12.8 Å². The second-order valence-corrected chi connectivity index (χ2v) is 9.21. The zero-order valence-corrected chi connectivity index (χ0v) is 19.6. The topological polar surface area (TPSA) is 58.1 Å². The molecule has 5 nitrogen and oxygen atoms in total. The minimum Gasteiger partial charge on any atom is -0.355 e. The first-order valence-electron chi connectivity index (χ1n) is 12.1. The maximum atomic E-state index is 13.0. The van der Waals surface area contributed by atoms with Gasteiger partial charge in [-0.15, -0.1) is 10.2 Å². The summed E-state index contributed by atoms with van der Waals surface area (Å²) in [6, 6.07) is 26.9. The standard InChI is InChI=1S/C29H30N4O/c1-21-8-7-11-24(18-21)20-30-29(34)27-25-12-5-6-13-26(25)28(32-31-27)33-16-14-23(15-17-33)19-22-9-3-2-4-10-22/h2-13,18,23H,14-17,19-20H2,1H3,(H,30,34). The molecule has 3 aromatic carbocycles. The van der Waals surface area contributed by atoms with Crippen LogP contribution < -0.4 is 10.2 Å².